The van der Waals surface area contributed by atoms with Crippen LogP contribution >= 0.6 is 0 Å². The van der Waals surface area contributed by atoms with Gasteiger partial charge in [-0.05, 0) is 44.4 Å². The number of amides is 1. The Morgan fingerprint density at radius 3 is 2.32 bits per heavy atom. The minimum Gasteiger partial charge on any atom is -0.378 e. The Labute approximate surface area is 150 Å². The Bertz CT molecular complexity index is 652. The Morgan fingerprint density at radius 1 is 1.16 bits per heavy atom. The summed E-state index contributed by atoms with van der Waals surface area (Å²) in [5, 5.41) is 9.66. The molecule has 1 aromatic carbocycles. The predicted molar refractivity (Wildman–Crippen MR) is 98.8 cm³/mol. The highest BCUT2D eigenvalue weighted by Crippen LogP contribution is 2.28. The number of hydrogen-bond acceptors (Lipinski definition) is 3. The molecule has 1 N–H and O–H groups in total. The molecule has 0 aromatic heterocycles. The van der Waals surface area contributed by atoms with Crippen LogP contribution in [0.5, 0.6) is 0 Å². The maximum atomic E-state index is 12.3. The highest BCUT2D eigenvalue weighted by Gasteiger charge is 2.31. The molecular formula is C21H28N2O2. The average Bonchev–Trinajstić information content (AvgIpc) is 2.52. The first-order chi connectivity index (χ1) is 11.9. The van der Waals surface area contributed by atoms with Crippen LogP contribution in [0.4, 0.5) is 0 Å². The highest BCUT2D eigenvalue weighted by atomic mass is 16.3. The third kappa shape index (κ3) is 5.07. The van der Waals surface area contributed by atoms with Crippen LogP contribution in [0.2, 0.25) is 0 Å². The first-order valence-corrected chi connectivity index (χ1v) is 9.26. The van der Waals surface area contributed by atoms with Gasteiger partial charge in [0.2, 0.25) is 5.91 Å². The fraction of sp³-hybridized carbons (Fsp3) is 0.571. The van der Waals surface area contributed by atoms with E-state index in [-0.39, 0.29) is 0 Å². The Kier molecular flexibility index (Phi) is 5.46. The molecule has 1 aliphatic heterocycles. The molecule has 3 rings (SSSR count). The summed E-state index contributed by atoms with van der Waals surface area (Å²) in [7, 11) is 0. The molecule has 2 fully saturated rings. The molecule has 0 unspecified atom stereocenters. The van der Waals surface area contributed by atoms with Gasteiger partial charge in [0.15, 0.2) is 0 Å². The van der Waals surface area contributed by atoms with Crippen LogP contribution in [0.1, 0.15) is 44.2 Å². The summed E-state index contributed by atoms with van der Waals surface area (Å²) in [5.41, 5.74) is 1.21. The van der Waals surface area contributed by atoms with E-state index in [4.69, 9.17) is 0 Å². The molecular weight excluding hydrogens is 312 g/mol. The van der Waals surface area contributed by atoms with Crippen molar-refractivity contribution in [1.29, 1.82) is 0 Å². The molecule has 1 aliphatic carbocycles. The first-order valence-electron chi connectivity index (χ1n) is 9.26. The molecule has 0 bridgehead atoms. The second-order valence-corrected chi connectivity index (χ2v) is 7.74. The van der Waals surface area contributed by atoms with Crippen molar-refractivity contribution in [1.82, 2.24) is 9.80 Å². The summed E-state index contributed by atoms with van der Waals surface area (Å²) >= 11 is 0. The molecule has 2 aliphatic rings. The van der Waals surface area contributed by atoms with Crippen LogP contribution in [0.3, 0.4) is 0 Å². The highest BCUT2D eigenvalue weighted by molar-refractivity contribution is 5.79. The van der Waals surface area contributed by atoms with E-state index < -0.39 is 5.60 Å². The van der Waals surface area contributed by atoms with Crippen molar-refractivity contribution in [3.05, 3.63) is 35.4 Å². The molecule has 25 heavy (non-hydrogen) atoms. The van der Waals surface area contributed by atoms with Gasteiger partial charge in [0.25, 0.3) is 0 Å². The molecule has 1 aromatic rings. The second kappa shape index (κ2) is 7.59. The third-order valence-corrected chi connectivity index (χ3v) is 5.01. The number of nitrogens with zero attached hydrogens (tertiary/aromatic N) is 2. The molecule has 0 atom stereocenters. The average molecular weight is 340 g/mol. The maximum Gasteiger partial charge on any atom is 0.225 e. The summed E-state index contributed by atoms with van der Waals surface area (Å²) in [6, 6.07) is 8.20. The van der Waals surface area contributed by atoms with E-state index in [9.17, 15) is 9.90 Å². The van der Waals surface area contributed by atoms with Gasteiger partial charge in [0.1, 0.15) is 5.60 Å². The van der Waals surface area contributed by atoms with Crippen molar-refractivity contribution in [3.8, 4) is 11.8 Å². The van der Waals surface area contributed by atoms with Crippen molar-refractivity contribution >= 4 is 5.91 Å². The van der Waals surface area contributed by atoms with Crippen molar-refractivity contribution in [2.24, 2.45) is 5.92 Å². The van der Waals surface area contributed by atoms with Crippen LogP contribution in [-0.4, -0.2) is 52.6 Å². The Hall–Kier alpha value is -1.83. The molecule has 0 spiro atoms. The monoisotopic (exact) mass is 340 g/mol. The first kappa shape index (κ1) is 18.0. The fourth-order valence-corrected chi connectivity index (χ4v) is 3.22. The number of carbonyl (C=O) groups is 1. The lowest BCUT2D eigenvalue weighted by molar-refractivity contribution is -0.140. The largest absolute Gasteiger partial charge is 0.378 e. The number of hydrogen-bond donors (Lipinski definition) is 1. The second-order valence-electron chi connectivity index (χ2n) is 7.74. The Balaban J connectivity index is 1.48. The lowest BCUT2D eigenvalue weighted by atomic mass is 9.84. The number of aliphatic hydroxyl groups is 1. The van der Waals surface area contributed by atoms with Gasteiger partial charge in [0, 0.05) is 44.2 Å². The minimum atomic E-state index is -0.963. The van der Waals surface area contributed by atoms with Crippen LogP contribution in [0.25, 0.3) is 0 Å². The van der Waals surface area contributed by atoms with Crippen LogP contribution < -0.4 is 0 Å². The van der Waals surface area contributed by atoms with Gasteiger partial charge in [0.05, 0.1) is 0 Å². The summed E-state index contributed by atoms with van der Waals surface area (Å²) < 4.78 is 0. The van der Waals surface area contributed by atoms with E-state index in [1.54, 1.807) is 13.8 Å². The summed E-state index contributed by atoms with van der Waals surface area (Å²) in [5.74, 6) is 6.51. The molecule has 1 heterocycles. The predicted octanol–water partition coefficient (Wildman–Crippen LogP) is 2.25. The van der Waals surface area contributed by atoms with Gasteiger partial charge in [-0.2, -0.15) is 0 Å². The minimum absolute atomic E-state index is 0.309. The smallest absolute Gasteiger partial charge is 0.225 e. The van der Waals surface area contributed by atoms with Crippen molar-refractivity contribution in [3.63, 3.8) is 0 Å². The molecule has 1 amide bonds. The van der Waals surface area contributed by atoms with E-state index in [0.29, 0.717) is 11.8 Å². The summed E-state index contributed by atoms with van der Waals surface area (Å²) in [6.07, 6.45) is 3.38. The molecule has 4 nitrogen and oxygen atoms in total. The van der Waals surface area contributed by atoms with Gasteiger partial charge in [-0.1, -0.05) is 30.4 Å². The van der Waals surface area contributed by atoms with E-state index in [0.717, 1.165) is 51.1 Å². The molecule has 1 saturated carbocycles. The van der Waals surface area contributed by atoms with Gasteiger partial charge >= 0.3 is 0 Å². The number of rotatable bonds is 3. The zero-order chi connectivity index (χ0) is 17.9. The van der Waals surface area contributed by atoms with E-state index in [2.05, 4.69) is 33.8 Å². The van der Waals surface area contributed by atoms with Crippen LogP contribution in [0.15, 0.2) is 24.3 Å². The van der Waals surface area contributed by atoms with Gasteiger partial charge in [-0.25, -0.2) is 0 Å². The van der Waals surface area contributed by atoms with Crippen LogP contribution in [0, 0.1) is 17.8 Å². The fourth-order valence-electron chi connectivity index (χ4n) is 3.22. The SMILES string of the molecule is CC(C)(O)C#Cc1ccc(CN2CCN(C(=O)C3CCC3)CC2)cc1. The number of piperazine rings is 1. The summed E-state index contributed by atoms with van der Waals surface area (Å²) in [4.78, 5) is 16.7. The molecule has 1 saturated heterocycles. The van der Waals surface area contributed by atoms with E-state index in [1.807, 2.05) is 12.1 Å². The lowest BCUT2D eigenvalue weighted by Gasteiger charge is -2.38. The molecule has 134 valence electrons. The summed E-state index contributed by atoms with van der Waals surface area (Å²) in [6.45, 7) is 7.87. The number of benzene rings is 1. The molecule has 4 heteroatoms. The van der Waals surface area contributed by atoms with E-state index >= 15 is 0 Å². The topological polar surface area (TPSA) is 43.8 Å². The number of carbonyl (C=O) groups excluding carboxylic acids is 1. The zero-order valence-electron chi connectivity index (χ0n) is 15.3. The quantitative estimate of drug-likeness (QED) is 0.859. The maximum absolute atomic E-state index is 12.3. The van der Waals surface area contributed by atoms with Crippen molar-refractivity contribution in [2.75, 3.05) is 26.2 Å². The zero-order valence-corrected chi connectivity index (χ0v) is 15.3. The van der Waals surface area contributed by atoms with Crippen molar-refractivity contribution < 1.29 is 9.90 Å². The Morgan fingerprint density at radius 2 is 1.80 bits per heavy atom. The van der Waals surface area contributed by atoms with E-state index in [1.165, 1.54) is 12.0 Å². The normalized spacial score (nSPS) is 19.1. The standard InChI is InChI=1S/C21H28N2O2/c1-21(2,25)11-10-17-6-8-18(9-7-17)16-22-12-14-23(15-13-22)20(24)19-4-3-5-19/h6-9,19,25H,3-5,12-16H2,1-2H3. The van der Waals surface area contributed by atoms with Gasteiger partial charge < -0.3 is 10.0 Å². The van der Waals surface area contributed by atoms with Gasteiger partial charge in [-0.15, -0.1) is 0 Å². The molecule has 0 radical (unpaired) electrons. The van der Waals surface area contributed by atoms with Gasteiger partial charge in [-0.3, -0.25) is 9.69 Å². The van der Waals surface area contributed by atoms with Crippen molar-refractivity contribution in [2.45, 2.75) is 45.3 Å². The third-order valence-electron chi connectivity index (χ3n) is 5.01. The lowest BCUT2D eigenvalue weighted by Crippen LogP contribution is -2.50. The van der Waals surface area contributed by atoms with Crippen LogP contribution in [-0.2, 0) is 11.3 Å².